The van der Waals surface area contributed by atoms with Gasteiger partial charge in [-0.25, -0.2) is 0 Å². The molecule has 0 bridgehead atoms. The fourth-order valence-electron chi connectivity index (χ4n) is 2.67. The van der Waals surface area contributed by atoms with Crippen molar-refractivity contribution in [3.05, 3.63) is 0 Å². The minimum atomic E-state index is 0.924. The minimum absolute atomic E-state index is 0.924. The smallest absolute Gasteiger partial charge is 0.00131 e. The van der Waals surface area contributed by atoms with E-state index < -0.39 is 0 Å². The first kappa shape index (κ1) is 8.55. The van der Waals surface area contributed by atoms with Gasteiger partial charge in [0.25, 0.3) is 0 Å². The molecule has 1 nitrogen and oxygen atoms in total. The fourth-order valence-corrected chi connectivity index (χ4v) is 2.67. The van der Waals surface area contributed by atoms with Gasteiger partial charge >= 0.3 is 0 Å². The lowest BCUT2D eigenvalue weighted by Gasteiger charge is -2.21. The molecule has 0 aromatic heterocycles. The second-order valence-corrected chi connectivity index (χ2v) is 4.87. The summed E-state index contributed by atoms with van der Waals surface area (Å²) in [5, 5.41) is 0. The maximum absolute atomic E-state index is 2.68. The Kier molecular flexibility index (Phi) is 2.40. The van der Waals surface area contributed by atoms with Crippen molar-refractivity contribution in [3.63, 3.8) is 0 Å². The standard InChI is InChI=1S/C11H21N/c1-3-4-9(2)6-12-7-10-5-11(10)8-12/h9-11H,3-8H2,1-2H3. The van der Waals surface area contributed by atoms with Crippen LogP contribution in [0, 0.1) is 17.8 Å². The van der Waals surface area contributed by atoms with E-state index in [9.17, 15) is 0 Å². The molecule has 0 radical (unpaired) electrons. The monoisotopic (exact) mass is 167 g/mol. The number of hydrogen-bond donors (Lipinski definition) is 0. The summed E-state index contributed by atoms with van der Waals surface area (Å²) in [5.74, 6) is 3.14. The van der Waals surface area contributed by atoms with Gasteiger partial charge in [0, 0.05) is 19.6 Å². The number of likely N-dealkylation sites (tertiary alicyclic amines) is 1. The van der Waals surface area contributed by atoms with Crippen molar-refractivity contribution in [2.24, 2.45) is 17.8 Å². The molecule has 2 fully saturated rings. The zero-order valence-corrected chi connectivity index (χ0v) is 8.42. The van der Waals surface area contributed by atoms with Crippen LogP contribution in [-0.2, 0) is 0 Å². The Morgan fingerprint density at radius 1 is 1.33 bits per heavy atom. The normalized spacial score (nSPS) is 36.5. The Bertz CT molecular complexity index is 145. The quantitative estimate of drug-likeness (QED) is 0.621. The molecule has 1 heterocycles. The van der Waals surface area contributed by atoms with Crippen LogP contribution >= 0.6 is 0 Å². The fraction of sp³-hybridized carbons (Fsp3) is 1.00. The van der Waals surface area contributed by atoms with E-state index in [0.717, 1.165) is 17.8 Å². The Morgan fingerprint density at radius 2 is 2.00 bits per heavy atom. The average molecular weight is 167 g/mol. The second-order valence-electron chi connectivity index (χ2n) is 4.87. The van der Waals surface area contributed by atoms with E-state index in [1.165, 1.54) is 32.5 Å². The summed E-state index contributed by atoms with van der Waals surface area (Å²) in [6.45, 7) is 8.88. The highest BCUT2D eigenvalue weighted by atomic mass is 15.2. The van der Waals surface area contributed by atoms with Gasteiger partial charge in [-0.2, -0.15) is 0 Å². The van der Waals surface area contributed by atoms with Crippen LogP contribution in [0.3, 0.4) is 0 Å². The maximum atomic E-state index is 2.68. The lowest BCUT2D eigenvalue weighted by atomic mass is 10.1. The molecule has 1 saturated carbocycles. The van der Waals surface area contributed by atoms with Crippen molar-refractivity contribution in [1.82, 2.24) is 4.90 Å². The highest BCUT2D eigenvalue weighted by Crippen LogP contribution is 2.44. The summed E-state index contributed by atoms with van der Waals surface area (Å²) in [6.07, 6.45) is 4.30. The Labute approximate surface area is 76.1 Å². The molecular formula is C11H21N. The molecule has 0 amide bonds. The van der Waals surface area contributed by atoms with E-state index in [1.54, 1.807) is 6.42 Å². The van der Waals surface area contributed by atoms with Gasteiger partial charge in [-0.1, -0.05) is 20.3 Å². The SMILES string of the molecule is CCCC(C)CN1CC2CC2C1. The molecular weight excluding hydrogens is 146 g/mol. The summed E-state index contributed by atoms with van der Waals surface area (Å²) in [6, 6.07) is 0. The number of nitrogens with zero attached hydrogens (tertiary/aromatic N) is 1. The Hall–Kier alpha value is -0.0400. The van der Waals surface area contributed by atoms with Gasteiger partial charge in [-0.3, -0.25) is 0 Å². The topological polar surface area (TPSA) is 3.24 Å². The molecule has 12 heavy (non-hydrogen) atoms. The van der Waals surface area contributed by atoms with Crippen LogP contribution in [0.2, 0.25) is 0 Å². The number of fused-ring (bicyclic) bond motifs is 1. The van der Waals surface area contributed by atoms with Gasteiger partial charge < -0.3 is 4.90 Å². The van der Waals surface area contributed by atoms with Crippen molar-refractivity contribution < 1.29 is 0 Å². The van der Waals surface area contributed by atoms with Crippen molar-refractivity contribution in [1.29, 1.82) is 0 Å². The summed E-state index contributed by atoms with van der Waals surface area (Å²) >= 11 is 0. The van der Waals surface area contributed by atoms with E-state index in [-0.39, 0.29) is 0 Å². The second kappa shape index (κ2) is 3.37. The van der Waals surface area contributed by atoms with Crippen molar-refractivity contribution in [2.75, 3.05) is 19.6 Å². The zero-order valence-electron chi connectivity index (χ0n) is 8.42. The molecule has 2 aliphatic rings. The van der Waals surface area contributed by atoms with E-state index in [0.29, 0.717) is 0 Å². The maximum Gasteiger partial charge on any atom is 0.00131 e. The molecule has 0 aromatic carbocycles. The summed E-state index contributed by atoms with van der Waals surface area (Å²) in [5.41, 5.74) is 0. The third-order valence-corrected chi connectivity index (χ3v) is 3.41. The molecule has 1 heteroatoms. The number of hydrogen-bond acceptors (Lipinski definition) is 1. The first-order valence-corrected chi connectivity index (χ1v) is 5.52. The Balaban J connectivity index is 1.66. The Morgan fingerprint density at radius 3 is 2.58 bits per heavy atom. The van der Waals surface area contributed by atoms with E-state index >= 15 is 0 Å². The third-order valence-electron chi connectivity index (χ3n) is 3.41. The molecule has 1 aliphatic carbocycles. The molecule has 1 saturated heterocycles. The average Bonchev–Trinajstić information content (AvgIpc) is 2.60. The molecule has 3 atom stereocenters. The summed E-state index contributed by atoms with van der Waals surface area (Å²) < 4.78 is 0. The van der Waals surface area contributed by atoms with E-state index in [2.05, 4.69) is 18.7 Å². The van der Waals surface area contributed by atoms with Crippen LogP contribution in [0.15, 0.2) is 0 Å². The van der Waals surface area contributed by atoms with E-state index in [4.69, 9.17) is 0 Å². The van der Waals surface area contributed by atoms with Gasteiger partial charge in [0.1, 0.15) is 0 Å². The minimum Gasteiger partial charge on any atom is -0.302 e. The molecule has 2 rings (SSSR count). The van der Waals surface area contributed by atoms with Crippen LogP contribution in [0.1, 0.15) is 33.1 Å². The lowest BCUT2D eigenvalue weighted by molar-refractivity contribution is 0.255. The predicted octanol–water partition coefficient (Wildman–Crippen LogP) is 2.37. The highest BCUT2D eigenvalue weighted by Gasteiger charge is 2.44. The van der Waals surface area contributed by atoms with Crippen molar-refractivity contribution >= 4 is 0 Å². The van der Waals surface area contributed by atoms with Gasteiger partial charge in [0.2, 0.25) is 0 Å². The van der Waals surface area contributed by atoms with E-state index in [1.807, 2.05) is 0 Å². The van der Waals surface area contributed by atoms with Gasteiger partial charge in [0.15, 0.2) is 0 Å². The molecule has 3 unspecified atom stereocenters. The van der Waals surface area contributed by atoms with Crippen LogP contribution in [0.5, 0.6) is 0 Å². The van der Waals surface area contributed by atoms with Gasteiger partial charge in [-0.15, -0.1) is 0 Å². The summed E-state index contributed by atoms with van der Waals surface area (Å²) in [7, 11) is 0. The first-order valence-electron chi connectivity index (χ1n) is 5.52. The largest absolute Gasteiger partial charge is 0.302 e. The van der Waals surface area contributed by atoms with Gasteiger partial charge in [0.05, 0.1) is 0 Å². The molecule has 70 valence electrons. The molecule has 0 N–H and O–H groups in total. The van der Waals surface area contributed by atoms with Crippen LogP contribution in [-0.4, -0.2) is 24.5 Å². The van der Waals surface area contributed by atoms with Crippen LogP contribution in [0.25, 0.3) is 0 Å². The summed E-state index contributed by atoms with van der Waals surface area (Å²) in [4.78, 5) is 2.68. The van der Waals surface area contributed by atoms with Crippen molar-refractivity contribution in [2.45, 2.75) is 33.1 Å². The van der Waals surface area contributed by atoms with Crippen LogP contribution in [0.4, 0.5) is 0 Å². The van der Waals surface area contributed by atoms with Crippen molar-refractivity contribution in [3.8, 4) is 0 Å². The molecule has 0 spiro atoms. The number of piperidine rings is 1. The number of rotatable bonds is 4. The van der Waals surface area contributed by atoms with Crippen LogP contribution < -0.4 is 0 Å². The van der Waals surface area contributed by atoms with Gasteiger partial charge in [-0.05, 0) is 30.6 Å². The third kappa shape index (κ3) is 1.82. The molecule has 0 aromatic rings. The predicted molar refractivity (Wildman–Crippen MR) is 52.1 cm³/mol. The zero-order chi connectivity index (χ0) is 8.55. The first-order chi connectivity index (χ1) is 5.79. The highest BCUT2D eigenvalue weighted by molar-refractivity contribution is 4.96. The lowest BCUT2D eigenvalue weighted by Crippen LogP contribution is -2.27. The molecule has 1 aliphatic heterocycles.